The molecule has 0 amide bonds. The fourth-order valence-corrected chi connectivity index (χ4v) is 1.60. The highest BCUT2D eigenvalue weighted by Crippen LogP contribution is 2.21. The molecule has 0 unspecified atom stereocenters. The molecule has 0 atom stereocenters. The van der Waals surface area contributed by atoms with E-state index in [2.05, 4.69) is 15.9 Å². The first-order chi connectivity index (χ1) is 7.33. The Kier molecular flexibility index (Phi) is 2.89. The van der Waals surface area contributed by atoms with Crippen molar-refractivity contribution in [2.45, 2.75) is 6.42 Å². The Morgan fingerprint density at radius 2 is 2.20 bits per heavy atom. The third-order valence-corrected chi connectivity index (χ3v) is 2.37. The first-order valence-corrected chi connectivity index (χ1v) is 4.81. The molecular formula is C11H14N2O2. The monoisotopic (exact) mass is 206 g/mol. The average molecular weight is 206 g/mol. The van der Waals surface area contributed by atoms with Gasteiger partial charge in [-0.2, -0.15) is 0 Å². The summed E-state index contributed by atoms with van der Waals surface area (Å²) in [6, 6.07) is 8.03. The Balaban J connectivity index is 2.29. The van der Waals surface area contributed by atoms with Gasteiger partial charge < -0.3 is 14.6 Å². The Morgan fingerprint density at radius 3 is 2.93 bits per heavy atom. The van der Waals surface area contributed by atoms with E-state index in [1.165, 1.54) is 5.39 Å². The van der Waals surface area contributed by atoms with E-state index in [-0.39, 0.29) is 0 Å². The second-order valence-corrected chi connectivity index (χ2v) is 3.37. The molecule has 0 fully saturated rings. The second kappa shape index (κ2) is 4.33. The summed E-state index contributed by atoms with van der Waals surface area (Å²) in [6.07, 6.45) is 0.785. The van der Waals surface area contributed by atoms with Gasteiger partial charge >= 0.3 is 0 Å². The molecule has 4 heteroatoms. The van der Waals surface area contributed by atoms with Crippen LogP contribution in [0.1, 0.15) is 5.69 Å². The summed E-state index contributed by atoms with van der Waals surface area (Å²) in [5.41, 5.74) is 2.19. The van der Waals surface area contributed by atoms with Crippen LogP contribution in [0, 0.1) is 0 Å². The van der Waals surface area contributed by atoms with Gasteiger partial charge in [0, 0.05) is 23.7 Å². The molecular weight excluding hydrogens is 192 g/mol. The highest BCUT2D eigenvalue weighted by molar-refractivity contribution is 5.81. The molecule has 0 aliphatic rings. The summed E-state index contributed by atoms with van der Waals surface area (Å²) in [5, 5.41) is 1.17. The number of hydrogen-bond donors (Lipinski definition) is 2. The Labute approximate surface area is 87.9 Å². The molecule has 80 valence electrons. The smallest absolute Gasteiger partial charge is 0.120 e. The van der Waals surface area contributed by atoms with Crippen molar-refractivity contribution in [1.29, 1.82) is 0 Å². The zero-order valence-electron chi connectivity index (χ0n) is 8.62. The van der Waals surface area contributed by atoms with E-state index in [4.69, 9.17) is 10.6 Å². The van der Waals surface area contributed by atoms with Gasteiger partial charge in [0.2, 0.25) is 0 Å². The molecule has 0 saturated carbocycles. The van der Waals surface area contributed by atoms with Crippen molar-refractivity contribution in [2.75, 3.05) is 13.7 Å². The highest BCUT2D eigenvalue weighted by Gasteiger charge is 2.01. The average Bonchev–Trinajstić information content (AvgIpc) is 2.67. The standard InChI is InChI=1S/C11H14N2O2/c1-14-10-3-2-8-6-9(4-5-15-12)13-11(8)7-10/h2-3,6-7,13H,4-5,12H2,1H3. The molecule has 0 aliphatic carbocycles. The number of fused-ring (bicyclic) bond motifs is 1. The van der Waals surface area contributed by atoms with Crippen molar-refractivity contribution in [3.63, 3.8) is 0 Å². The fourth-order valence-electron chi connectivity index (χ4n) is 1.60. The van der Waals surface area contributed by atoms with Crippen LogP contribution in [-0.4, -0.2) is 18.7 Å². The van der Waals surface area contributed by atoms with Crippen molar-refractivity contribution in [3.8, 4) is 5.75 Å². The lowest BCUT2D eigenvalue weighted by Gasteiger charge is -1.97. The maximum absolute atomic E-state index is 5.15. The fraction of sp³-hybridized carbons (Fsp3) is 0.273. The van der Waals surface area contributed by atoms with Crippen LogP contribution in [0.3, 0.4) is 0 Å². The van der Waals surface area contributed by atoms with E-state index in [0.29, 0.717) is 6.61 Å². The number of aromatic amines is 1. The summed E-state index contributed by atoms with van der Waals surface area (Å²) in [7, 11) is 1.66. The van der Waals surface area contributed by atoms with Crippen LogP contribution in [0.15, 0.2) is 24.3 Å². The van der Waals surface area contributed by atoms with Gasteiger partial charge in [-0.1, -0.05) is 0 Å². The minimum Gasteiger partial charge on any atom is -0.497 e. The van der Waals surface area contributed by atoms with Crippen LogP contribution in [-0.2, 0) is 11.3 Å². The van der Waals surface area contributed by atoms with Crippen LogP contribution in [0.5, 0.6) is 5.75 Å². The lowest BCUT2D eigenvalue weighted by molar-refractivity contribution is 0.140. The lowest BCUT2D eigenvalue weighted by Crippen LogP contribution is -2.03. The Bertz CT molecular complexity index is 451. The number of benzene rings is 1. The normalized spacial score (nSPS) is 10.8. The number of aromatic nitrogens is 1. The van der Waals surface area contributed by atoms with Crippen LogP contribution >= 0.6 is 0 Å². The molecule has 3 N–H and O–H groups in total. The van der Waals surface area contributed by atoms with E-state index < -0.39 is 0 Å². The SMILES string of the molecule is COc1ccc2cc(CCON)[nH]c2c1. The molecule has 0 spiro atoms. The van der Waals surface area contributed by atoms with E-state index in [1.807, 2.05) is 18.2 Å². The summed E-state index contributed by atoms with van der Waals surface area (Å²) < 4.78 is 5.15. The molecule has 0 saturated heterocycles. The molecule has 2 rings (SSSR count). The summed E-state index contributed by atoms with van der Waals surface area (Å²) in [5.74, 6) is 5.84. The zero-order chi connectivity index (χ0) is 10.7. The van der Waals surface area contributed by atoms with Gasteiger partial charge in [-0.25, -0.2) is 5.90 Å². The number of H-pyrrole nitrogens is 1. The zero-order valence-corrected chi connectivity index (χ0v) is 8.62. The van der Waals surface area contributed by atoms with Crippen LogP contribution in [0.4, 0.5) is 0 Å². The summed E-state index contributed by atoms with van der Waals surface area (Å²) >= 11 is 0. The van der Waals surface area contributed by atoms with Crippen LogP contribution < -0.4 is 10.6 Å². The third kappa shape index (κ3) is 2.11. The van der Waals surface area contributed by atoms with Gasteiger partial charge in [-0.15, -0.1) is 0 Å². The van der Waals surface area contributed by atoms with Gasteiger partial charge in [0.15, 0.2) is 0 Å². The van der Waals surface area contributed by atoms with Gasteiger partial charge in [-0.3, -0.25) is 0 Å². The largest absolute Gasteiger partial charge is 0.497 e. The quantitative estimate of drug-likeness (QED) is 0.747. The van der Waals surface area contributed by atoms with Crippen molar-refractivity contribution in [1.82, 2.24) is 4.98 Å². The molecule has 4 nitrogen and oxygen atoms in total. The first kappa shape index (κ1) is 10.0. The summed E-state index contributed by atoms with van der Waals surface area (Å²) in [6.45, 7) is 0.518. The number of hydrogen-bond acceptors (Lipinski definition) is 3. The molecule has 15 heavy (non-hydrogen) atoms. The minimum absolute atomic E-state index is 0.518. The van der Waals surface area contributed by atoms with Crippen LogP contribution in [0.2, 0.25) is 0 Å². The molecule has 0 aliphatic heterocycles. The maximum Gasteiger partial charge on any atom is 0.120 e. The molecule has 1 aromatic heterocycles. The number of ether oxygens (including phenoxy) is 1. The van der Waals surface area contributed by atoms with Crippen molar-refractivity contribution < 1.29 is 9.57 Å². The van der Waals surface area contributed by atoms with Crippen LogP contribution in [0.25, 0.3) is 10.9 Å². The van der Waals surface area contributed by atoms with Gasteiger partial charge in [0.05, 0.1) is 13.7 Å². The number of methoxy groups -OCH3 is 1. The van der Waals surface area contributed by atoms with Gasteiger partial charge in [-0.05, 0) is 23.6 Å². The van der Waals surface area contributed by atoms with E-state index >= 15 is 0 Å². The topological polar surface area (TPSA) is 60.3 Å². The lowest BCUT2D eigenvalue weighted by atomic mass is 10.2. The van der Waals surface area contributed by atoms with Crippen molar-refractivity contribution in [3.05, 3.63) is 30.0 Å². The number of nitrogens with two attached hydrogens (primary N) is 1. The van der Waals surface area contributed by atoms with Gasteiger partial charge in [0.25, 0.3) is 0 Å². The molecule has 1 heterocycles. The second-order valence-electron chi connectivity index (χ2n) is 3.37. The number of rotatable bonds is 4. The maximum atomic E-state index is 5.15. The molecule has 1 aromatic carbocycles. The highest BCUT2D eigenvalue weighted by atomic mass is 16.6. The molecule has 0 radical (unpaired) electrons. The van der Waals surface area contributed by atoms with Gasteiger partial charge in [0.1, 0.15) is 5.75 Å². The molecule has 2 aromatic rings. The van der Waals surface area contributed by atoms with Crippen molar-refractivity contribution in [2.24, 2.45) is 5.90 Å². The van der Waals surface area contributed by atoms with E-state index in [9.17, 15) is 0 Å². The Morgan fingerprint density at radius 1 is 1.33 bits per heavy atom. The predicted octanol–water partition coefficient (Wildman–Crippen LogP) is 1.61. The predicted molar refractivity (Wildman–Crippen MR) is 58.7 cm³/mol. The Hall–Kier alpha value is -1.52. The number of nitrogens with one attached hydrogen (secondary N) is 1. The van der Waals surface area contributed by atoms with E-state index in [0.717, 1.165) is 23.4 Å². The first-order valence-electron chi connectivity index (χ1n) is 4.81. The third-order valence-electron chi connectivity index (χ3n) is 2.37. The van der Waals surface area contributed by atoms with Crippen molar-refractivity contribution >= 4 is 10.9 Å². The summed E-state index contributed by atoms with van der Waals surface area (Å²) in [4.78, 5) is 7.83. The molecule has 0 bridgehead atoms. The minimum atomic E-state index is 0.518. The van der Waals surface area contributed by atoms with E-state index in [1.54, 1.807) is 7.11 Å².